The van der Waals surface area contributed by atoms with Crippen molar-refractivity contribution in [2.45, 2.75) is 55.8 Å². The van der Waals surface area contributed by atoms with Crippen molar-refractivity contribution in [2.24, 2.45) is 0 Å². The van der Waals surface area contributed by atoms with Crippen LogP contribution >= 0.6 is 0 Å². The molecular formula is C30H21F7N6O3. The van der Waals surface area contributed by atoms with E-state index in [0.29, 0.717) is 16.8 Å². The number of nitrogens with zero attached hydrogens (tertiary/aromatic N) is 4. The number of fused-ring (bicyclic) bond motifs is 3. The lowest BCUT2D eigenvalue weighted by Gasteiger charge is -2.43. The van der Waals surface area contributed by atoms with Crippen LogP contribution in [0.2, 0.25) is 0 Å². The van der Waals surface area contributed by atoms with Crippen molar-refractivity contribution in [2.75, 3.05) is 11.9 Å². The van der Waals surface area contributed by atoms with Crippen LogP contribution in [-0.4, -0.2) is 57.4 Å². The molecule has 238 valence electrons. The number of anilines is 1. The summed E-state index contributed by atoms with van der Waals surface area (Å²) in [6, 6.07) is 1.51. The molecule has 0 bridgehead atoms. The zero-order chi connectivity index (χ0) is 33.3. The third kappa shape index (κ3) is 4.99. The van der Waals surface area contributed by atoms with E-state index in [1.165, 1.54) is 18.3 Å². The molecule has 46 heavy (non-hydrogen) atoms. The number of nitriles is 1. The summed E-state index contributed by atoms with van der Waals surface area (Å²) in [4.78, 5) is 48.3. The van der Waals surface area contributed by atoms with E-state index >= 15 is 0 Å². The Kier molecular flexibility index (Phi) is 7.25. The predicted octanol–water partition coefficient (Wildman–Crippen LogP) is 3.96. The Morgan fingerprint density at radius 1 is 1.09 bits per heavy atom. The number of amides is 3. The standard InChI is InChI=1S/C30H21F7N6O3/c1-12-16(22-23(33)18(31)5-19(32)24(22)34)4-20(27(45)43(12)11-30(35,36)37)41-26(44)15-3-14-6-29(7-21(14)39-10-15)17-2-13(8-38)9-40-25(17)42-28(29)46/h2-3,5,9-10,12,16,20H,4,6-7,11H2,1H3,(H,41,44)(H,40,42,46)/t12-,16-,20+,29+/m1/s1. The molecule has 3 aliphatic rings. The molecule has 6 rings (SSSR count). The molecule has 3 aromatic rings. The van der Waals surface area contributed by atoms with Gasteiger partial charge >= 0.3 is 6.18 Å². The molecule has 2 N–H and O–H groups in total. The van der Waals surface area contributed by atoms with Crippen LogP contribution in [0.1, 0.15) is 57.6 Å². The number of rotatable bonds is 4. The first-order valence-electron chi connectivity index (χ1n) is 13.8. The molecule has 1 saturated heterocycles. The van der Waals surface area contributed by atoms with E-state index in [1.54, 1.807) is 0 Å². The number of hydrogen-bond donors (Lipinski definition) is 2. The lowest BCUT2D eigenvalue weighted by Crippen LogP contribution is -2.60. The van der Waals surface area contributed by atoms with Crippen molar-refractivity contribution >= 4 is 23.5 Å². The topological polar surface area (TPSA) is 128 Å². The lowest BCUT2D eigenvalue weighted by molar-refractivity contribution is -0.170. The van der Waals surface area contributed by atoms with Gasteiger partial charge in [0.05, 0.1) is 16.5 Å². The fourth-order valence-electron chi connectivity index (χ4n) is 6.56. The first-order chi connectivity index (χ1) is 21.6. The minimum atomic E-state index is -4.96. The van der Waals surface area contributed by atoms with Crippen molar-refractivity contribution < 1.29 is 45.1 Å². The Morgan fingerprint density at radius 2 is 1.78 bits per heavy atom. The van der Waals surface area contributed by atoms with Crippen LogP contribution in [0.15, 0.2) is 30.6 Å². The molecule has 0 unspecified atom stereocenters. The quantitative estimate of drug-likeness (QED) is 0.327. The van der Waals surface area contributed by atoms with Gasteiger partial charge in [-0.15, -0.1) is 0 Å². The van der Waals surface area contributed by atoms with Crippen molar-refractivity contribution in [1.82, 2.24) is 20.2 Å². The number of piperidine rings is 1. The summed E-state index contributed by atoms with van der Waals surface area (Å²) in [5, 5.41) is 14.3. The van der Waals surface area contributed by atoms with E-state index < -0.39 is 83.2 Å². The van der Waals surface area contributed by atoms with E-state index in [0.717, 1.165) is 13.1 Å². The summed E-state index contributed by atoms with van der Waals surface area (Å²) in [6.45, 7) is -0.800. The second-order valence-electron chi connectivity index (χ2n) is 11.5. The summed E-state index contributed by atoms with van der Waals surface area (Å²) in [6.07, 6.45) is -3.01. The molecule has 1 fully saturated rings. The third-order valence-electron chi connectivity index (χ3n) is 8.80. The predicted molar refractivity (Wildman–Crippen MR) is 143 cm³/mol. The van der Waals surface area contributed by atoms with Gasteiger partial charge in [0.2, 0.25) is 11.8 Å². The highest BCUT2D eigenvalue weighted by Gasteiger charge is 2.52. The van der Waals surface area contributed by atoms with Crippen molar-refractivity contribution in [3.63, 3.8) is 0 Å². The van der Waals surface area contributed by atoms with Crippen LogP contribution in [0.5, 0.6) is 0 Å². The number of alkyl halides is 3. The number of benzene rings is 1. The van der Waals surface area contributed by atoms with Crippen LogP contribution in [0.4, 0.5) is 36.6 Å². The monoisotopic (exact) mass is 646 g/mol. The van der Waals surface area contributed by atoms with Gasteiger partial charge in [0, 0.05) is 53.7 Å². The fourth-order valence-corrected chi connectivity index (χ4v) is 6.56. The number of halogens is 7. The summed E-state index contributed by atoms with van der Waals surface area (Å²) < 4.78 is 98.1. The molecule has 1 spiro atoms. The molecule has 4 heterocycles. The molecule has 1 aromatic carbocycles. The zero-order valence-electron chi connectivity index (χ0n) is 23.6. The number of likely N-dealkylation sites (tertiary alicyclic amines) is 1. The number of hydrogen-bond acceptors (Lipinski definition) is 6. The molecular weight excluding hydrogens is 625 g/mol. The van der Waals surface area contributed by atoms with Crippen LogP contribution < -0.4 is 10.6 Å². The summed E-state index contributed by atoms with van der Waals surface area (Å²) in [7, 11) is 0. The molecule has 1 aliphatic carbocycles. The summed E-state index contributed by atoms with van der Waals surface area (Å²) in [5.41, 5.74) is -0.849. The molecule has 9 nitrogen and oxygen atoms in total. The van der Waals surface area contributed by atoms with E-state index in [2.05, 4.69) is 20.6 Å². The first-order valence-corrected chi connectivity index (χ1v) is 13.8. The van der Waals surface area contributed by atoms with E-state index in [-0.39, 0.29) is 46.7 Å². The Hall–Kier alpha value is -5.07. The van der Waals surface area contributed by atoms with Crippen molar-refractivity contribution in [1.29, 1.82) is 5.26 Å². The molecule has 2 aliphatic heterocycles. The SMILES string of the molecule is C[C@@H]1[C@H](c2c(F)c(F)cc(F)c2F)C[C@H](NC(=O)c2cnc3c(c2)C[C@@]2(C3)C(=O)Nc3ncc(C#N)cc32)C(=O)N1CC(F)(F)F. The van der Waals surface area contributed by atoms with Gasteiger partial charge in [0.1, 0.15) is 24.5 Å². The Bertz CT molecular complexity index is 1850. The zero-order valence-corrected chi connectivity index (χ0v) is 23.6. The van der Waals surface area contributed by atoms with E-state index in [1.807, 2.05) is 6.07 Å². The average molecular weight is 647 g/mol. The third-order valence-corrected chi connectivity index (χ3v) is 8.80. The maximum Gasteiger partial charge on any atom is 0.406 e. The molecule has 0 radical (unpaired) electrons. The molecule has 0 saturated carbocycles. The van der Waals surface area contributed by atoms with Gasteiger partial charge in [0.25, 0.3) is 5.91 Å². The molecule has 2 aromatic heterocycles. The van der Waals surface area contributed by atoms with Crippen molar-refractivity contribution in [3.05, 3.63) is 87.4 Å². The van der Waals surface area contributed by atoms with Crippen molar-refractivity contribution in [3.8, 4) is 6.07 Å². The van der Waals surface area contributed by atoms with Crippen LogP contribution in [0.3, 0.4) is 0 Å². The number of carbonyl (C=O) groups is 3. The number of aromatic nitrogens is 2. The second kappa shape index (κ2) is 10.8. The van der Waals surface area contributed by atoms with E-state index in [9.17, 15) is 50.4 Å². The van der Waals surface area contributed by atoms with Crippen LogP contribution in [0.25, 0.3) is 0 Å². The number of carbonyl (C=O) groups excluding carboxylic acids is 3. The average Bonchev–Trinajstić information content (AvgIpc) is 3.52. The Morgan fingerprint density at radius 3 is 2.43 bits per heavy atom. The van der Waals surface area contributed by atoms with Crippen LogP contribution in [-0.2, 0) is 27.8 Å². The fraction of sp³-hybridized carbons (Fsp3) is 0.333. The largest absolute Gasteiger partial charge is 0.406 e. The van der Waals surface area contributed by atoms with Gasteiger partial charge in [-0.2, -0.15) is 18.4 Å². The number of nitrogens with one attached hydrogen (secondary N) is 2. The maximum absolute atomic E-state index is 14.8. The second-order valence-corrected chi connectivity index (χ2v) is 11.5. The maximum atomic E-state index is 14.8. The number of pyridine rings is 2. The van der Waals surface area contributed by atoms with Gasteiger partial charge in [-0.25, -0.2) is 22.5 Å². The van der Waals surface area contributed by atoms with E-state index in [4.69, 9.17) is 0 Å². The Balaban J connectivity index is 1.30. The minimum absolute atomic E-state index is 0.0444. The summed E-state index contributed by atoms with van der Waals surface area (Å²) >= 11 is 0. The summed E-state index contributed by atoms with van der Waals surface area (Å²) in [5.74, 6) is -11.2. The first kappa shape index (κ1) is 30.9. The highest BCUT2D eigenvalue weighted by Crippen LogP contribution is 2.46. The Labute approximate surface area is 255 Å². The minimum Gasteiger partial charge on any atom is -0.340 e. The van der Waals surface area contributed by atoms with Gasteiger partial charge in [-0.05, 0) is 37.5 Å². The molecule has 4 atom stereocenters. The van der Waals surface area contributed by atoms with Gasteiger partial charge in [-0.3, -0.25) is 19.4 Å². The van der Waals surface area contributed by atoms with Gasteiger partial charge in [-0.1, -0.05) is 0 Å². The smallest absolute Gasteiger partial charge is 0.340 e. The normalized spacial score (nSPS) is 23.6. The van der Waals surface area contributed by atoms with Gasteiger partial charge in [0.15, 0.2) is 23.3 Å². The molecule has 3 amide bonds. The lowest BCUT2D eigenvalue weighted by atomic mass is 9.79. The van der Waals surface area contributed by atoms with Crippen LogP contribution in [0, 0.1) is 34.6 Å². The highest BCUT2D eigenvalue weighted by molar-refractivity contribution is 6.06. The highest BCUT2D eigenvalue weighted by atomic mass is 19.4. The molecule has 16 heteroatoms. The van der Waals surface area contributed by atoms with Gasteiger partial charge < -0.3 is 15.5 Å².